The number of ether oxygens (including phenoxy) is 2. The molecule has 1 aromatic heterocycles. The summed E-state index contributed by atoms with van der Waals surface area (Å²) in [6.45, 7) is 2.22. The van der Waals surface area contributed by atoms with Gasteiger partial charge in [-0.3, -0.25) is 0 Å². The van der Waals surface area contributed by atoms with Gasteiger partial charge in [0, 0.05) is 19.2 Å². The first-order chi connectivity index (χ1) is 9.83. The van der Waals surface area contributed by atoms with Crippen molar-refractivity contribution in [2.75, 3.05) is 26.9 Å². The Balaban J connectivity index is 1.87. The van der Waals surface area contributed by atoms with Crippen molar-refractivity contribution in [1.29, 1.82) is 0 Å². The van der Waals surface area contributed by atoms with Gasteiger partial charge in [-0.1, -0.05) is 29.4 Å². The van der Waals surface area contributed by atoms with E-state index in [0.29, 0.717) is 44.5 Å². The van der Waals surface area contributed by atoms with Gasteiger partial charge >= 0.3 is 0 Å². The van der Waals surface area contributed by atoms with Gasteiger partial charge in [-0.2, -0.15) is 4.98 Å². The van der Waals surface area contributed by atoms with Gasteiger partial charge in [-0.15, -0.1) is 0 Å². The lowest BCUT2D eigenvalue weighted by Gasteiger charge is -2.00. The van der Waals surface area contributed by atoms with E-state index >= 15 is 0 Å². The van der Waals surface area contributed by atoms with Crippen LogP contribution in [0.1, 0.15) is 11.5 Å². The third kappa shape index (κ3) is 4.12. The Labute approximate surface area is 117 Å². The minimum atomic E-state index is 0.524. The van der Waals surface area contributed by atoms with Crippen molar-refractivity contribution in [2.45, 2.75) is 13.0 Å². The number of hydrogen-bond acceptors (Lipinski definition) is 6. The van der Waals surface area contributed by atoms with Gasteiger partial charge in [0.15, 0.2) is 0 Å². The molecule has 0 aliphatic carbocycles. The minimum absolute atomic E-state index is 0.524. The summed E-state index contributed by atoms with van der Waals surface area (Å²) >= 11 is 0. The van der Waals surface area contributed by atoms with Crippen LogP contribution >= 0.6 is 0 Å². The van der Waals surface area contributed by atoms with E-state index in [4.69, 9.17) is 19.7 Å². The van der Waals surface area contributed by atoms with E-state index in [9.17, 15) is 0 Å². The van der Waals surface area contributed by atoms with Crippen LogP contribution in [0.15, 0.2) is 28.8 Å². The molecule has 0 spiro atoms. The van der Waals surface area contributed by atoms with Crippen LogP contribution in [0.25, 0.3) is 11.4 Å². The molecule has 2 aromatic rings. The Morgan fingerprint density at radius 1 is 1.15 bits per heavy atom. The van der Waals surface area contributed by atoms with E-state index in [1.165, 1.54) is 0 Å². The summed E-state index contributed by atoms with van der Waals surface area (Å²) in [4.78, 5) is 4.33. The molecule has 0 unspecified atom stereocenters. The van der Waals surface area contributed by atoms with Crippen molar-refractivity contribution in [2.24, 2.45) is 5.73 Å². The van der Waals surface area contributed by atoms with Gasteiger partial charge in [-0.05, 0) is 5.56 Å². The zero-order valence-corrected chi connectivity index (χ0v) is 11.5. The fourth-order valence-electron chi connectivity index (χ4n) is 1.67. The largest absolute Gasteiger partial charge is 0.382 e. The van der Waals surface area contributed by atoms with E-state index in [1.54, 1.807) is 7.11 Å². The Kier molecular flexibility index (Phi) is 5.67. The summed E-state index contributed by atoms with van der Waals surface area (Å²) in [6.07, 6.45) is 0.595. The Morgan fingerprint density at radius 3 is 2.65 bits per heavy atom. The van der Waals surface area contributed by atoms with Crippen LogP contribution in [0.4, 0.5) is 0 Å². The SMILES string of the molecule is COCCOCCc1nc(-c2ccc(CN)cc2)no1. The summed E-state index contributed by atoms with van der Waals surface area (Å²) in [5, 5.41) is 3.96. The highest BCUT2D eigenvalue weighted by atomic mass is 16.5. The molecule has 20 heavy (non-hydrogen) atoms. The van der Waals surface area contributed by atoms with Crippen molar-refractivity contribution in [1.82, 2.24) is 10.1 Å². The average Bonchev–Trinajstić information content (AvgIpc) is 2.96. The first kappa shape index (κ1) is 14.6. The lowest BCUT2D eigenvalue weighted by Crippen LogP contribution is -2.05. The average molecular weight is 277 g/mol. The zero-order chi connectivity index (χ0) is 14.2. The van der Waals surface area contributed by atoms with Crippen molar-refractivity contribution in [3.05, 3.63) is 35.7 Å². The lowest BCUT2D eigenvalue weighted by atomic mass is 10.1. The normalized spacial score (nSPS) is 10.9. The molecule has 6 heteroatoms. The second kappa shape index (κ2) is 7.74. The predicted octanol–water partition coefficient (Wildman–Crippen LogP) is 1.40. The minimum Gasteiger partial charge on any atom is -0.382 e. The second-order valence-electron chi connectivity index (χ2n) is 4.27. The van der Waals surface area contributed by atoms with Gasteiger partial charge in [0.2, 0.25) is 11.7 Å². The van der Waals surface area contributed by atoms with Crippen LogP contribution in [0.2, 0.25) is 0 Å². The number of aromatic nitrogens is 2. The Hall–Kier alpha value is -1.76. The molecule has 6 nitrogen and oxygen atoms in total. The van der Waals surface area contributed by atoms with E-state index in [2.05, 4.69) is 10.1 Å². The highest BCUT2D eigenvalue weighted by Crippen LogP contribution is 2.16. The van der Waals surface area contributed by atoms with Crippen LogP contribution in [0, 0.1) is 0 Å². The van der Waals surface area contributed by atoms with Gasteiger partial charge in [0.25, 0.3) is 0 Å². The van der Waals surface area contributed by atoms with E-state index in [-0.39, 0.29) is 0 Å². The molecule has 0 bridgehead atoms. The molecule has 0 aliphatic heterocycles. The summed E-state index contributed by atoms with van der Waals surface area (Å²) < 4.78 is 15.4. The topological polar surface area (TPSA) is 83.4 Å². The van der Waals surface area contributed by atoms with Crippen LogP contribution < -0.4 is 5.73 Å². The number of nitrogens with two attached hydrogens (primary N) is 1. The van der Waals surface area contributed by atoms with Crippen molar-refractivity contribution >= 4 is 0 Å². The molecule has 0 saturated carbocycles. The van der Waals surface area contributed by atoms with E-state index < -0.39 is 0 Å². The summed E-state index contributed by atoms with van der Waals surface area (Å²) in [6, 6.07) is 7.79. The van der Waals surface area contributed by atoms with Crippen molar-refractivity contribution < 1.29 is 14.0 Å². The molecule has 0 aliphatic rings. The molecule has 1 heterocycles. The molecule has 1 aromatic carbocycles. The molecule has 0 saturated heterocycles. The summed E-state index contributed by atoms with van der Waals surface area (Å²) in [7, 11) is 1.64. The summed E-state index contributed by atoms with van der Waals surface area (Å²) in [5.41, 5.74) is 7.55. The highest BCUT2D eigenvalue weighted by Gasteiger charge is 2.08. The second-order valence-corrected chi connectivity index (χ2v) is 4.27. The molecular weight excluding hydrogens is 258 g/mol. The van der Waals surface area contributed by atoms with Gasteiger partial charge in [0.05, 0.1) is 26.2 Å². The Morgan fingerprint density at radius 2 is 1.95 bits per heavy atom. The molecular formula is C14H19N3O3. The maximum atomic E-state index is 5.56. The lowest BCUT2D eigenvalue weighted by molar-refractivity contribution is 0.0696. The quantitative estimate of drug-likeness (QED) is 0.734. The number of benzene rings is 1. The van der Waals surface area contributed by atoms with Crippen molar-refractivity contribution in [3.8, 4) is 11.4 Å². The Bertz CT molecular complexity index is 511. The van der Waals surface area contributed by atoms with Crippen molar-refractivity contribution in [3.63, 3.8) is 0 Å². The van der Waals surface area contributed by atoms with Gasteiger partial charge < -0.3 is 19.7 Å². The third-order valence-electron chi connectivity index (χ3n) is 2.81. The van der Waals surface area contributed by atoms with Crippen LogP contribution in [0.5, 0.6) is 0 Å². The number of nitrogens with zero attached hydrogens (tertiary/aromatic N) is 2. The summed E-state index contributed by atoms with van der Waals surface area (Å²) in [5.74, 6) is 1.15. The van der Waals surface area contributed by atoms with E-state index in [1.807, 2.05) is 24.3 Å². The maximum absolute atomic E-state index is 5.56. The number of methoxy groups -OCH3 is 1. The first-order valence-corrected chi connectivity index (χ1v) is 6.52. The van der Waals surface area contributed by atoms with Crippen LogP contribution in [0.3, 0.4) is 0 Å². The van der Waals surface area contributed by atoms with Gasteiger partial charge in [-0.25, -0.2) is 0 Å². The molecule has 108 valence electrons. The molecule has 0 amide bonds. The predicted molar refractivity (Wildman–Crippen MR) is 74.0 cm³/mol. The van der Waals surface area contributed by atoms with Gasteiger partial charge in [0.1, 0.15) is 0 Å². The smallest absolute Gasteiger partial charge is 0.229 e. The fraction of sp³-hybridized carbons (Fsp3) is 0.429. The standard InChI is InChI=1S/C14H19N3O3/c1-18-8-9-19-7-6-13-16-14(17-20-13)12-4-2-11(10-15)3-5-12/h2-5H,6-10,15H2,1H3. The molecule has 0 atom stereocenters. The monoisotopic (exact) mass is 277 g/mol. The van der Waals surface area contributed by atoms with Crippen LogP contribution in [-0.2, 0) is 22.4 Å². The first-order valence-electron chi connectivity index (χ1n) is 6.52. The third-order valence-corrected chi connectivity index (χ3v) is 2.81. The van der Waals surface area contributed by atoms with E-state index in [0.717, 1.165) is 11.1 Å². The molecule has 0 fully saturated rings. The maximum Gasteiger partial charge on any atom is 0.229 e. The molecule has 0 radical (unpaired) electrons. The number of rotatable bonds is 8. The number of hydrogen-bond donors (Lipinski definition) is 1. The molecule has 2 rings (SSSR count). The fourth-order valence-corrected chi connectivity index (χ4v) is 1.67. The van der Waals surface area contributed by atoms with Crippen LogP contribution in [-0.4, -0.2) is 37.1 Å². The highest BCUT2D eigenvalue weighted by molar-refractivity contribution is 5.54. The zero-order valence-electron chi connectivity index (χ0n) is 11.5. The molecule has 2 N–H and O–H groups in total.